The number of benzene rings is 1. The maximum Gasteiger partial charge on any atom is 0.0727 e. The molecule has 1 atom stereocenters. The van der Waals surface area contributed by atoms with Crippen molar-refractivity contribution in [3.63, 3.8) is 0 Å². The van der Waals surface area contributed by atoms with Gasteiger partial charge in [0.05, 0.1) is 12.7 Å². The van der Waals surface area contributed by atoms with Crippen LogP contribution in [0.15, 0.2) is 24.3 Å². The third kappa shape index (κ3) is 6.95. The van der Waals surface area contributed by atoms with Gasteiger partial charge in [0.25, 0.3) is 0 Å². The molecule has 0 aliphatic carbocycles. The second-order valence-corrected chi connectivity index (χ2v) is 6.79. The van der Waals surface area contributed by atoms with Gasteiger partial charge >= 0.3 is 0 Å². The standard InChI is InChI=1S/C16H26ClNO/c1-12(2)15(10-18-16(3,4)5)19-11-13-6-8-14(17)9-7-13/h6-9,12,15,18H,10-11H2,1-5H3. The fourth-order valence-corrected chi connectivity index (χ4v) is 1.80. The fourth-order valence-electron chi connectivity index (χ4n) is 1.68. The molecule has 2 nitrogen and oxygen atoms in total. The first-order valence-electron chi connectivity index (χ1n) is 6.89. The first kappa shape index (κ1) is 16.5. The third-order valence-corrected chi connectivity index (χ3v) is 3.21. The minimum atomic E-state index is 0.122. The van der Waals surface area contributed by atoms with Gasteiger partial charge in [0, 0.05) is 17.1 Å². The van der Waals surface area contributed by atoms with Gasteiger partial charge in [0.2, 0.25) is 0 Å². The minimum absolute atomic E-state index is 0.122. The van der Waals surface area contributed by atoms with Crippen molar-refractivity contribution in [1.29, 1.82) is 0 Å². The zero-order valence-corrected chi connectivity index (χ0v) is 13.4. The number of halogens is 1. The molecule has 0 fully saturated rings. The first-order valence-corrected chi connectivity index (χ1v) is 7.27. The average Bonchev–Trinajstić information content (AvgIpc) is 2.29. The van der Waals surface area contributed by atoms with Crippen LogP contribution >= 0.6 is 11.6 Å². The van der Waals surface area contributed by atoms with E-state index in [0.717, 1.165) is 17.1 Å². The first-order chi connectivity index (χ1) is 8.78. The van der Waals surface area contributed by atoms with Gasteiger partial charge in [-0.15, -0.1) is 0 Å². The number of hydrogen-bond donors (Lipinski definition) is 1. The van der Waals surface area contributed by atoms with Crippen molar-refractivity contribution in [2.75, 3.05) is 6.54 Å². The van der Waals surface area contributed by atoms with Crippen molar-refractivity contribution >= 4 is 11.6 Å². The third-order valence-electron chi connectivity index (χ3n) is 2.95. The largest absolute Gasteiger partial charge is 0.372 e. The van der Waals surface area contributed by atoms with Crippen LogP contribution in [0.2, 0.25) is 5.02 Å². The maximum absolute atomic E-state index is 6.02. The summed E-state index contributed by atoms with van der Waals surface area (Å²) in [6.45, 7) is 12.4. The Bertz CT molecular complexity index is 367. The van der Waals surface area contributed by atoms with Gasteiger partial charge in [0.15, 0.2) is 0 Å². The van der Waals surface area contributed by atoms with Crippen LogP contribution in [0.3, 0.4) is 0 Å². The van der Waals surface area contributed by atoms with E-state index in [0.29, 0.717) is 12.5 Å². The van der Waals surface area contributed by atoms with Crippen LogP contribution in [0.1, 0.15) is 40.2 Å². The van der Waals surface area contributed by atoms with Gasteiger partial charge in [-0.3, -0.25) is 0 Å². The zero-order chi connectivity index (χ0) is 14.5. The smallest absolute Gasteiger partial charge is 0.0727 e. The monoisotopic (exact) mass is 283 g/mol. The summed E-state index contributed by atoms with van der Waals surface area (Å²) in [6.07, 6.45) is 0.218. The highest BCUT2D eigenvalue weighted by Gasteiger charge is 2.17. The summed E-state index contributed by atoms with van der Waals surface area (Å²) in [7, 11) is 0. The van der Waals surface area contributed by atoms with Crippen LogP contribution in [0.4, 0.5) is 0 Å². The van der Waals surface area contributed by atoms with Gasteiger partial charge in [-0.1, -0.05) is 37.6 Å². The Morgan fingerprint density at radius 3 is 2.21 bits per heavy atom. The highest BCUT2D eigenvalue weighted by molar-refractivity contribution is 6.30. The second kappa shape index (κ2) is 7.28. The van der Waals surface area contributed by atoms with Gasteiger partial charge in [0.1, 0.15) is 0 Å². The molecule has 108 valence electrons. The van der Waals surface area contributed by atoms with Crippen LogP contribution < -0.4 is 5.32 Å². The van der Waals surface area contributed by atoms with Crippen molar-refractivity contribution in [3.05, 3.63) is 34.9 Å². The van der Waals surface area contributed by atoms with Crippen LogP contribution in [-0.4, -0.2) is 18.2 Å². The zero-order valence-electron chi connectivity index (χ0n) is 12.7. The Labute approximate surface area is 122 Å². The maximum atomic E-state index is 6.02. The summed E-state index contributed by atoms with van der Waals surface area (Å²) in [5.41, 5.74) is 1.28. The lowest BCUT2D eigenvalue weighted by atomic mass is 10.0. The number of ether oxygens (including phenoxy) is 1. The quantitative estimate of drug-likeness (QED) is 0.842. The average molecular weight is 284 g/mol. The van der Waals surface area contributed by atoms with E-state index in [2.05, 4.69) is 39.9 Å². The molecular formula is C16H26ClNO. The highest BCUT2D eigenvalue weighted by atomic mass is 35.5. The molecule has 3 heteroatoms. The Morgan fingerprint density at radius 1 is 1.16 bits per heavy atom. The molecule has 1 aromatic carbocycles. The summed E-state index contributed by atoms with van der Waals surface area (Å²) >= 11 is 5.87. The molecule has 1 aromatic rings. The van der Waals surface area contributed by atoms with E-state index >= 15 is 0 Å². The van der Waals surface area contributed by atoms with E-state index in [-0.39, 0.29) is 11.6 Å². The molecule has 0 aliphatic heterocycles. The molecule has 1 rings (SSSR count). The molecule has 0 bridgehead atoms. The van der Waals surface area contributed by atoms with Crippen LogP contribution in [0.5, 0.6) is 0 Å². The molecule has 0 aromatic heterocycles. The van der Waals surface area contributed by atoms with E-state index in [4.69, 9.17) is 16.3 Å². The van der Waals surface area contributed by atoms with Crippen molar-refractivity contribution < 1.29 is 4.74 Å². The van der Waals surface area contributed by atoms with E-state index < -0.39 is 0 Å². The molecule has 1 unspecified atom stereocenters. The summed E-state index contributed by atoms with van der Waals surface area (Å²) < 4.78 is 6.02. The van der Waals surface area contributed by atoms with Gasteiger partial charge in [-0.25, -0.2) is 0 Å². The Morgan fingerprint density at radius 2 is 1.74 bits per heavy atom. The predicted octanol–water partition coefficient (Wildman–Crippen LogP) is 4.27. The van der Waals surface area contributed by atoms with Gasteiger partial charge in [-0.2, -0.15) is 0 Å². The highest BCUT2D eigenvalue weighted by Crippen LogP contribution is 2.14. The van der Waals surface area contributed by atoms with Crippen molar-refractivity contribution in [2.24, 2.45) is 5.92 Å². The SMILES string of the molecule is CC(C)C(CNC(C)(C)C)OCc1ccc(Cl)cc1. The Hall–Kier alpha value is -0.570. The summed E-state index contributed by atoms with van der Waals surface area (Å²) in [4.78, 5) is 0. The minimum Gasteiger partial charge on any atom is -0.372 e. The molecule has 0 heterocycles. The number of nitrogens with one attached hydrogen (secondary N) is 1. The van der Waals surface area contributed by atoms with Crippen molar-refractivity contribution in [1.82, 2.24) is 5.32 Å². The topological polar surface area (TPSA) is 21.3 Å². The summed E-state index contributed by atoms with van der Waals surface area (Å²) in [6, 6.07) is 7.82. The Balaban J connectivity index is 2.47. The molecular weight excluding hydrogens is 258 g/mol. The molecule has 1 N–H and O–H groups in total. The summed E-state index contributed by atoms with van der Waals surface area (Å²) in [5.74, 6) is 0.488. The van der Waals surface area contributed by atoms with Crippen molar-refractivity contribution in [3.8, 4) is 0 Å². The van der Waals surface area contributed by atoms with Crippen LogP contribution in [-0.2, 0) is 11.3 Å². The molecule has 0 saturated carbocycles. The van der Waals surface area contributed by atoms with Crippen molar-refractivity contribution in [2.45, 2.75) is 52.9 Å². The molecule has 0 spiro atoms. The fraction of sp³-hybridized carbons (Fsp3) is 0.625. The lowest BCUT2D eigenvalue weighted by Gasteiger charge is -2.27. The van der Waals surface area contributed by atoms with E-state index in [1.54, 1.807) is 0 Å². The van der Waals surface area contributed by atoms with Crippen LogP contribution in [0, 0.1) is 5.92 Å². The normalized spacial score (nSPS) is 13.8. The molecule has 0 saturated heterocycles. The Kier molecular flexibility index (Phi) is 6.31. The van der Waals surface area contributed by atoms with Crippen LogP contribution in [0.25, 0.3) is 0 Å². The lowest BCUT2D eigenvalue weighted by Crippen LogP contribution is -2.43. The molecule has 0 amide bonds. The lowest BCUT2D eigenvalue weighted by molar-refractivity contribution is 0.00787. The van der Waals surface area contributed by atoms with Gasteiger partial charge in [-0.05, 0) is 44.4 Å². The van der Waals surface area contributed by atoms with E-state index in [1.807, 2.05) is 24.3 Å². The molecule has 0 aliphatic rings. The number of hydrogen-bond acceptors (Lipinski definition) is 2. The van der Waals surface area contributed by atoms with E-state index in [1.165, 1.54) is 0 Å². The number of rotatable bonds is 6. The van der Waals surface area contributed by atoms with Gasteiger partial charge < -0.3 is 10.1 Å². The molecule has 19 heavy (non-hydrogen) atoms. The summed E-state index contributed by atoms with van der Waals surface area (Å²) in [5, 5.41) is 4.27. The van der Waals surface area contributed by atoms with E-state index in [9.17, 15) is 0 Å². The second-order valence-electron chi connectivity index (χ2n) is 6.35. The molecule has 0 radical (unpaired) electrons. The predicted molar refractivity (Wildman–Crippen MR) is 82.6 cm³/mol.